The molecule has 0 bridgehead atoms. The highest BCUT2D eigenvalue weighted by atomic mass is 32.2. The Morgan fingerprint density at radius 3 is 2.64 bits per heavy atom. The van der Waals surface area contributed by atoms with E-state index in [-0.39, 0.29) is 11.7 Å². The smallest absolute Gasteiger partial charge is 0.236 e. The summed E-state index contributed by atoms with van der Waals surface area (Å²) in [6.07, 6.45) is 0. The Kier molecular flexibility index (Phi) is 5.80. The molecule has 1 amide bonds. The van der Waals surface area contributed by atoms with Crippen molar-refractivity contribution in [1.82, 2.24) is 25.1 Å². The second kappa shape index (κ2) is 9.04. The molecule has 2 aromatic carbocycles. The van der Waals surface area contributed by atoms with Gasteiger partial charge in [0, 0.05) is 21.8 Å². The zero-order valence-corrected chi connectivity index (χ0v) is 19.3. The van der Waals surface area contributed by atoms with Crippen molar-refractivity contribution in [2.24, 2.45) is 0 Å². The van der Waals surface area contributed by atoms with E-state index in [1.807, 2.05) is 47.8 Å². The van der Waals surface area contributed by atoms with Crippen molar-refractivity contribution in [3.63, 3.8) is 0 Å². The first-order valence-electron chi connectivity index (χ1n) is 9.85. The average molecular weight is 479 g/mol. The molecule has 33 heavy (non-hydrogen) atoms. The van der Waals surface area contributed by atoms with Crippen LogP contribution in [0.1, 0.15) is 0 Å². The van der Waals surface area contributed by atoms with Gasteiger partial charge < -0.3 is 19.8 Å². The van der Waals surface area contributed by atoms with Crippen LogP contribution in [0.3, 0.4) is 0 Å². The number of methoxy groups -OCH3 is 2. The van der Waals surface area contributed by atoms with Gasteiger partial charge in [0.2, 0.25) is 11.1 Å². The van der Waals surface area contributed by atoms with Gasteiger partial charge in [-0.2, -0.15) is 0 Å². The Hall–Kier alpha value is -3.70. The van der Waals surface area contributed by atoms with Gasteiger partial charge in [0.25, 0.3) is 0 Å². The Morgan fingerprint density at radius 2 is 1.85 bits per heavy atom. The minimum Gasteiger partial charge on any atom is -0.497 e. The first kappa shape index (κ1) is 21.2. The summed E-state index contributed by atoms with van der Waals surface area (Å²) in [5.74, 6) is 1.46. The maximum Gasteiger partial charge on any atom is 0.236 e. The van der Waals surface area contributed by atoms with E-state index in [4.69, 9.17) is 9.47 Å². The number of H-pyrrole nitrogens is 1. The largest absolute Gasteiger partial charge is 0.497 e. The van der Waals surface area contributed by atoms with E-state index in [2.05, 4.69) is 30.5 Å². The van der Waals surface area contributed by atoms with Crippen molar-refractivity contribution in [2.75, 3.05) is 25.3 Å². The second-order valence-corrected chi connectivity index (χ2v) is 8.73. The SMILES string of the molecule is COc1ccc(-c2csc(NC(=O)CSc3nnc4c(n3)[nH]c3ccc(OC)cc34)n2)cc1. The van der Waals surface area contributed by atoms with Crippen molar-refractivity contribution in [3.8, 4) is 22.8 Å². The molecule has 5 aromatic rings. The summed E-state index contributed by atoms with van der Waals surface area (Å²) in [7, 11) is 3.24. The van der Waals surface area contributed by atoms with Gasteiger partial charge in [-0.1, -0.05) is 11.8 Å². The molecule has 3 heterocycles. The number of anilines is 1. The third-order valence-corrected chi connectivity index (χ3v) is 6.47. The fourth-order valence-electron chi connectivity index (χ4n) is 3.23. The number of carbonyl (C=O) groups is 1. The van der Waals surface area contributed by atoms with Gasteiger partial charge in [0.1, 0.15) is 17.0 Å². The van der Waals surface area contributed by atoms with Gasteiger partial charge in [0.15, 0.2) is 10.8 Å². The van der Waals surface area contributed by atoms with Crippen molar-refractivity contribution < 1.29 is 14.3 Å². The molecule has 0 spiro atoms. The zero-order chi connectivity index (χ0) is 22.8. The quantitative estimate of drug-likeness (QED) is 0.331. The van der Waals surface area contributed by atoms with E-state index in [1.165, 1.54) is 23.1 Å². The van der Waals surface area contributed by atoms with E-state index in [0.717, 1.165) is 33.7 Å². The molecular formula is C22H18N6O3S2. The minimum atomic E-state index is -0.194. The lowest BCUT2D eigenvalue weighted by molar-refractivity contribution is -0.113. The standard InChI is InChI=1S/C22H18N6O3S2/c1-30-13-5-3-12(4-6-13)17-10-32-21(24-17)25-18(29)11-33-22-26-20-19(27-28-22)15-9-14(31-2)7-8-16(15)23-20/h3-10H,11H2,1-2H3,(H,23,26,28)(H,24,25,29). The molecule has 0 saturated carbocycles. The number of aromatic amines is 1. The molecule has 11 heteroatoms. The number of hydrogen-bond acceptors (Lipinski definition) is 9. The number of amides is 1. The number of rotatable bonds is 7. The number of benzene rings is 2. The van der Waals surface area contributed by atoms with E-state index in [9.17, 15) is 4.79 Å². The molecule has 166 valence electrons. The Bertz CT molecular complexity index is 1450. The highest BCUT2D eigenvalue weighted by Gasteiger charge is 2.13. The maximum atomic E-state index is 12.4. The van der Waals surface area contributed by atoms with Gasteiger partial charge in [-0.05, 0) is 42.5 Å². The summed E-state index contributed by atoms with van der Waals surface area (Å²) >= 11 is 2.58. The van der Waals surface area contributed by atoms with Crippen LogP contribution in [0.2, 0.25) is 0 Å². The summed E-state index contributed by atoms with van der Waals surface area (Å²) in [6.45, 7) is 0. The lowest BCUT2D eigenvalue weighted by atomic mass is 10.2. The third kappa shape index (κ3) is 4.45. The molecule has 0 unspecified atom stereocenters. The lowest BCUT2D eigenvalue weighted by Gasteiger charge is -2.02. The normalized spacial score (nSPS) is 11.1. The topological polar surface area (TPSA) is 115 Å². The summed E-state index contributed by atoms with van der Waals surface area (Å²) in [5, 5.41) is 15.0. The van der Waals surface area contributed by atoms with Gasteiger partial charge in [-0.3, -0.25) is 4.79 Å². The van der Waals surface area contributed by atoms with Gasteiger partial charge in [-0.25, -0.2) is 9.97 Å². The van der Waals surface area contributed by atoms with Gasteiger partial charge in [-0.15, -0.1) is 21.5 Å². The number of hydrogen-bond donors (Lipinski definition) is 2. The number of fused-ring (bicyclic) bond motifs is 3. The Balaban J connectivity index is 1.23. The zero-order valence-electron chi connectivity index (χ0n) is 17.7. The maximum absolute atomic E-state index is 12.4. The molecule has 9 nitrogen and oxygen atoms in total. The Labute approximate surface area is 196 Å². The predicted octanol–water partition coefficient (Wildman–Crippen LogP) is 4.38. The molecule has 0 radical (unpaired) electrons. The lowest BCUT2D eigenvalue weighted by Crippen LogP contribution is -2.14. The summed E-state index contributed by atoms with van der Waals surface area (Å²) in [5.41, 5.74) is 3.90. The minimum absolute atomic E-state index is 0.138. The van der Waals surface area contributed by atoms with Crippen molar-refractivity contribution in [3.05, 3.63) is 47.8 Å². The monoisotopic (exact) mass is 478 g/mol. The number of nitrogens with zero attached hydrogens (tertiary/aromatic N) is 4. The second-order valence-electron chi connectivity index (χ2n) is 6.93. The number of ether oxygens (including phenoxy) is 2. The van der Waals surface area contributed by atoms with Crippen LogP contribution in [0.5, 0.6) is 11.5 Å². The number of carbonyl (C=O) groups excluding carboxylic acids is 1. The molecule has 0 saturated heterocycles. The molecule has 0 aliphatic rings. The van der Waals surface area contributed by atoms with Gasteiger partial charge >= 0.3 is 0 Å². The first-order chi connectivity index (χ1) is 16.1. The Morgan fingerprint density at radius 1 is 1.06 bits per heavy atom. The van der Waals surface area contributed by atoms with Crippen LogP contribution in [0.4, 0.5) is 5.13 Å². The summed E-state index contributed by atoms with van der Waals surface area (Å²) in [6, 6.07) is 13.3. The number of thiazole rings is 1. The van der Waals surface area contributed by atoms with E-state index in [0.29, 0.717) is 21.5 Å². The van der Waals surface area contributed by atoms with Crippen LogP contribution < -0.4 is 14.8 Å². The molecule has 0 atom stereocenters. The molecule has 2 N–H and O–H groups in total. The van der Waals surface area contributed by atoms with Crippen molar-refractivity contribution >= 4 is 56.2 Å². The highest BCUT2D eigenvalue weighted by molar-refractivity contribution is 7.99. The average Bonchev–Trinajstić information content (AvgIpc) is 3.46. The van der Waals surface area contributed by atoms with Crippen molar-refractivity contribution in [1.29, 1.82) is 0 Å². The number of aromatic nitrogens is 5. The first-order valence-corrected chi connectivity index (χ1v) is 11.7. The van der Waals surface area contributed by atoms with Gasteiger partial charge in [0.05, 0.1) is 25.7 Å². The van der Waals surface area contributed by atoms with Crippen LogP contribution in [0.25, 0.3) is 33.3 Å². The molecule has 0 fully saturated rings. The fourth-order valence-corrected chi connectivity index (χ4v) is 4.56. The van der Waals surface area contributed by atoms with Crippen LogP contribution in [0, 0.1) is 0 Å². The molecule has 3 aromatic heterocycles. The van der Waals surface area contributed by atoms with E-state index < -0.39 is 0 Å². The van der Waals surface area contributed by atoms with E-state index >= 15 is 0 Å². The van der Waals surface area contributed by atoms with Crippen LogP contribution >= 0.6 is 23.1 Å². The molecular weight excluding hydrogens is 460 g/mol. The van der Waals surface area contributed by atoms with Crippen LogP contribution in [0.15, 0.2) is 53.0 Å². The third-order valence-electron chi connectivity index (χ3n) is 4.87. The molecule has 0 aliphatic carbocycles. The number of thioether (sulfide) groups is 1. The van der Waals surface area contributed by atoms with Crippen molar-refractivity contribution in [2.45, 2.75) is 5.16 Å². The van der Waals surface area contributed by atoms with Crippen LogP contribution in [-0.2, 0) is 4.79 Å². The van der Waals surface area contributed by atoms with Crippen LogP contribution in [-0.4, -0.2) is 51.0 Å². The molecule has 5 rings (SSSR count). The fraction of sp³-hybridized carbons (Fsp3) is 0.136. The number of nitrogens with one attached hydrogen (secondary N) is 2. The highest BCUT2D eigenvalue weighted by Crippen LogP contribution is 2.28. The predicted molar refractivity (Wildman–Crippen MR) is 129 cm³/mol. The summed E-state index contributed by atoms with van der Waals surface area (Å²) in [4.78, 5) is 24.6. The molecule has 0 aliphatic heterocycles. The summed E-state index contributed by atoms with van der Waals surface area (Å²) < 4.78 is 10.4. The van der Waals surface area contributed by atoms with E-state index in [1.54, 1.807) is 14.2 Å².